The second-order valence-electron chi connectivity index (χ2n) is 4.47. The van der Waals surface area contributed by atoms with Crippen molar-refractivity contribution in [3.63, 3.8) is 0 Å². The Labute approximate surface area is 123 Å². The fourth-order valence-corrected chi connectivity index (χ4v) is 5.96. The molecule has 3 atom stereocenters. The van der Waals surface area contributed by atoms with Gasteiger partial charge in [-0.15, -0.1) is 0 Å². The van der Waals surface area contributed by atoms with Crippen LogP contribution in [-0.4, -0.2) is 29.1 Å². The van der Waals surface area contributed by atoms with Crippen LogP contribution in [0.15, 0.2) is 24.3 Å². The molecule has 0 amide bonds. The number of benzene rings is 1. The molecule has 0 saturated carbocycles. The molecule has 1 aromatic carbocycles. The summed E-state index contributed by atoms with van der Waals surface area (Å²) in [5.41, 5.74) is 1.31. The molecule has 0 radical (unpaired) electrons. The van der Waals surface area contributed by atoms with Gasteiger partial charge >= 0.3 is 0 Å². The van der Waals surface area contributed by atoms with Crippen molar-refractivity contribution in [2.45, 2.75) is 29.9 Å². The lowest BCUT2D eigenvalue weighted by Crippen LogP contribution is -2.37. The predicted octanol–water partition coefficient (Wildman–Crippen LogP) is 4.23. The Bertz CT molecular complexity index is 386. The van der Waals surface area contributed by atoms with Crippen LogP contribution in [0.25, 0.3) is 0 Å². The molecule has 0 spiro atoms. The molecule has 0 aliphatic carbocycles. The Balaban J connectivity index is 2.21. The molecule has 2 rings (SSSR count). The van der Waals surface area contributed by atoms with Crippen molar-refractivity contribution in [2.75, 3.05) is 18.6 Å². The van der Waals surface area contributed by atoms with Gasteiger partial charge in [0.2, 0.25) is 0 Å². The molecule has 0 bridgehead atoms. The van der Waals surface area contributed by atoms with Gasteiger partial charge in [-0.3, -0.25) is 0 Å². The first-order chi connectivity index (χ1) is 8.76. The number of rotatable bonds is 4. The number of thioether (sulfide) groups is 2. The summed E-state index contributed by atoms with van der Waals surface area (Å²) >= 11 is 10.3. The van der Waals surface area contributed by atoms with Crippen molar-refractivity contribution < 1.29 is 0 Å². The lowest BCUT2D eigenvalue weighted by atomic mass is 10.0. The third-order valence-electron chi connectivity index (χ3n) is 3.34. The van der Waals surface area contributed by atoms with Gasteiger partial charge in [0.05, 0.1) is 0 Å². The van der Waals surface area contributed by atoms with Gasteiger partial charge < -0.3 is 5.32 Å². The van der Waals surface area contributed by atoms with E-state index >= 15 is 0 Å². The van der Waals surface area contributed by atoms with E-state index < -0.39 is 0 Å². The van der Waals surface area contributed by atoms with Crippen LogP contribution >= 0.6 is 35.1 Å². The summed E-state index contributed by atoms with van der Waals surface area (Å²) in [5.74, 6) is 2.54. The van der Waals surface area contributed by atoms with E-state index in [0.29, 0.717) is 11.3 Å². The van der Waals surface area contributed by atoms with Gasteiger partial charge in [0.15, 0.2) is 0 Å². The summed E-state index contributed by atoms with van der Waals surface area (Å²) in [5, 5.41) is 5.69. The molecule has 1 N–H and O–H groups in total. The Morgan fingerprint density at radius 1 is 1.39 bits per heavy atom. The standard InChI is InChI=1S/C14H20ClNS2/c1-3-12-14(18-8-7-17-12)13(16-2)10-5-4-6-11(15)9-10/h4-6,9,12-14,16H,3,7-8H2,1-2H3. The summed E-state index contributed by atoms with van der Waals surface area (Å²) < 4.78 is 0. The van der Waals surface area contributed by atoms with Gasteiger partial charge in [-0.05, 0) is 31.2 Å². The minimum Gasteiger partial charge on any atom is -0.312 e. The molecule has 1 aliphatic rings. The molecule has 1 aliphatic heterocycles. The van der Waals surface area contributed by atoms with E-state index in [2.05, 4.69) is 54.9 Å². The maximum Gasteiger partial charge on any atom is 0.0449 e. The van der Waals surface area contributed by atoms with E-state index in [1.54, 1.807) is 0 Å². The first-order valence-electron chi connectivity index (χ1n) is 6.42. The lowest BCUT2D eigenvalue weighted by molar-refractivity contribution is 0.544. The molecule has 1 aromatic rings. The summed E-state index contributed by atoms with van der Waals surface area (Å²) in [7, 11) is 2.05. The van der Waals surface area contributed by atoms with Crippen molar-refractivity contribution in [1.82, 2.24) is 5.32 Å². The van der Waals surface area contributed by atoms with Gasteiger partial charge in [-0.25, -0.2) is 0 Å². The van der Waals surface area contributed by atoms with Gasteiger partial charge in [0.25, 0.3) is 0 Å². The minimum absolute atomic E-state index is 0.395. The van der Waals surface area contributed by atoms with Crippen molar-refractivity contribution >= 4 is 35.1 Å². The van der Waals surface area contributed by atoms with E-state index in [4.69, 9.17) is 11.6 Å². The molecule has 1 saturated heterocycles. The quantitative estimate of drug-likeness (QED) is 0.894. The van der Waals surface area contributed by atoms with E-state index in [0.717, 1.165) is 10.3 Å². The van der Waals surface area contributed by atoms with E-state index in [9.17, 15) is 0 Å². The van der Waals surface area contributed by atoms with Crippen LogP contribution in [0.2, 0.25) is 5.02 Å². The predicted molar refractivity (Wildman–Crippen MR) is 86.0 cm³/mol. The SMILES string of the molecule is CCC1SCCSC1C(NC)c1cccc(Cl)c1. The maximum atomic E-state index is 6.12. The van der Waals surface area contributed by atoms with Gasteiger partial charge in [0.1, 0.15) is 0 Å². The first-order valence-corrected chi connectivity index (χ1v) is 8.89. The summed E-state index contributed by atoms with van der Waals surface area (Å²) in [4.78, 5) is 0. The van der Waals surface area contributed by atoms with Crippen LogP contribution in [-0.2, 0) is 0 Å². The maximum absolute atomic E-state index is 6.12. The zero-order valence-corrected chi connectivity index (χ0v) is 13.2. The largest absolute Gasteiger partial charge is 0.312 e. The van der Waals surface area contributed by atoms with Crippen LogP contribution in [0.5, 0.6) is 0 Å². The minimum atomic E-state index is 0.395. The average molecular weight is 302 g/mol. The third kappa shape index (κ3) is 3.38. The normalized spacial score (nSPS) is 25.9. The molecule has 4 heteroatoms. The van der Waals surface area contributed by atoms with Crippen molar-refractivity contribution in [3.05, 3.63) is 34.9 Å². The van der Waals surface area contributed by atoms with Crippen LogP contribution in [0.4, 0.5) is 0 Å². The van der Waals surface area contributed by atoms with Gasteiger partial charge in [0, 0.05) is 33.1 Å². The van der Waals surface area contributed by atoms with Crippen LogP contribution in [0.3, 0.4) is 0 Å². The fraction of sp³-hybridized carbons (Fsp3) is 0.571. The Morgan fingerprint density at radius 3 is 2.83 bits per heavy atom. The Kier molecular flexibility index (Phi) is 5.74. The second kappa shape index (κ2) is 7.09. The summed E-state index contributed by atoms with van der Waals surface area (Å²) in [6.07, 6.45) is 1.24. The highest BCUT2D eigenvalue weighted by Gasteiger charge is 2.32. The molecular formula is C14H20ClNS2. The number of halogens is 1. The van der Waals surface area contributed by atoms with Gasteiger partial charge in [-0.2, -0.15) is 23.5 Å². The van der Waals surface area contributed by atoms with Crippen LogP contribution in [0.1, 0.15) is 24.9 Å². The molecule has 0 aromatic heterocycles. The van der Waals surface area contributed by atoms with Crippen molar-refractivity contribution in [1.29, 1.82) is 0 Å². The summed E-state index contributed by atoms with van der Waals surface area (Å²) in [6, 6.07) is 8.66. The van der Waals surface area contributed by atoms with Crippen molar-refractivity contribution in [3.8, 4) is 0 Å². The Morgan fingerprint density at radius 2 is 2.17 bits per heavy atom. The van der Waals surface area contributed by atoms with Gasteiger partial charge in [-0.1, -0.05) is 30.7 Å². The molecule has 1 fully saturated rings. The fourth-order valence-electron chi connectivity index (χ4n) is 2.47. The molecular weight excluding hydrogens is 282 g/mol. The zero-order valence-electron chi connectivity index (χ0n) is 10.9. The van der Waals surface area contributed by atoms with Crippen molar-refractivity contribution in [2.24, 2.45) is 0 Å². The number of hydrogen-bond acceptors (Lipinski definition) is 3. The van der Waals surface area contributed by atoms with E-state index in [1.807, 2.05) is 12.1 Å². The summed E-state index contributed by atoms with van der Waals surface area (Å²) in [6.45, 7) is 2.29. The highest BCUT2D eigenvalue weighted by molar-refractivity contribution is 8.07. The first kappa shape index (κ1) is 14.6. The highest BCUT2D eigenvalue weighted by atomic mass is 35.5. The Hall–Kier alpha value is 0.170. The second-order valence-corrected chi connectivity index (χ2v) is 7.54. The molecule has 18 heavy (non-hydrogen) atoms. The molecule has 3 unspecified atom stereocenters. The number of hydrogen-bond donors (Lipinski definition) is 1. The monoisotopic (exact) mass is 301 g/mol. The topological polar surface area (TPSA) is 12.0 Å². The highest BCUT2D eigenvalue weighted by Crippen LogP contribution is 2.40. The van der Waals surface area contributed by atoms with E-state index in [-0.39, 0.29) is 0 Å². The number of nitrogens with one attached hydrogen (secondary N) is 1. The molecule has 1 nitrogen and oxygen atoms in total. The van der Waals surface area contributed by atoms with E-state index in [1.165, 1.54) is 23.5 Å². The lowest BCUT2D eigenvalue weighted by Gasteiger charge is -2.36. The molecule has 100 valence electrons. The van der Waals surface area contributed by atoms with Crippen LogP contribution in [0, 0.1) is 0 Å². The molecule has 1 heterocycles. The third-order valence-corrected chi connectivity index (χ3v) is 6.93. The average Bonchev–Trinajstić information content (AvgIpc) is 2.40. The zero-order chi connectivity index (χ0) is 13.0. The van der Waals surface area contributed by atoms with Crippen LogP contribution < -0.4 is 5.32 Å². The smallest absolute Gasteiger partial charge is 0.0449 e.